The number of nitrogens with one attached hydrogen (secondary N) is 1. The topological polar surface area (TPSA) is 124 Å². The fourth-order valence-corrected chi connectivity index (χ4v) is 3.56. The summed E-state index contributed by atoms with van der Waals surface area (Å²) in [4.78, 5) is 44.5. The molecule has 1 aromatic carbocycles. The average Bonchev–Trinajstić information content (AvgIpc) is 2.81. The Balaban J connectivity index is 2.63. The number of aliphatic hydroxyl groups excluding tert-OH is 1. The number of nitrogens with zero attached hydrogens (tertiary/aromatic N) is 3. The molecule has 0 saturated heterocycles. The lowest BCUT2D eigenvalue weighted by atomic mass is 9.91. The van der Waals surface area contributed by atoms with E-state index in [0.29, 0.717) is 0 Å². The highest BCUT2D eigenvalue weighted by molar-refractivity contribution is 5.97. The molecule has 10 nitrogen and oxygen atoms in total. The van der Waals surface area contributed by atoms with Gasteiger partial charge in [0.2, 0.25) is 5.91 Å². The third-order valence-electron chi connectivity index (χ3n) is 5.47. The molecule has 0 radical (unpaired) electrons. The minimum atomic E-state index is -1.34. The van der Waals surface area contributed by atoms with Crippen LogP contribution >= 0.6 is 0 Å². The number of methoxy groups -OCH3 is 1. The van der Waals surface area contributed by atoms with E-state index in [-0.39, 0.29) is 54.2 Å². The Labute approximate surface area is 209 Å². The maximum Gasteiger partial charge on any atom is 0.331 e. The SMILES string of the molecule is CCO/N=C(\C)c1cn(CC(O)c2cc(F)ccc2OC)c(=O)n(CC(C)(C)C(=O)NC(C)C)c1=O. The van der Waals surface area contributed by atoms with Crippen LogP contribution in [0.1, 0.15) is 58.8 Å². The summed E-state index contributed by atoms with van der Waals surface area (Å²) in [5.74, 6) is -0.670. The van der Waals surface area contributed by atoms with Gasteiger partial charge >= 0.3 is 5.69 Å². The fourth-order valence-electron chi connectivity index (χ4n) is 3.56. The van der Waals surface area contributed by atoms with Crippen molar-refractivity contribution < 1.29 is 23.9 Å². The van der Waals surface area contributed by atoms with Crippen molar-refractivity contribution in [3.05, 3.63) is 62.2 Å². The Bertz CT molecular complexity index is 1230. The van der Waals surface area contributed by atoms with Gasteiger partial charge in [-0.25, -0.2) is 9.18 Å². The van der Waals surface area contributed by atoms with Crippen LogP contribution in [0.3, 0.4) is 0 Å². The second-order valence-corrected chi connectivity index (χ2v) is 9.38. The van der Waals surface area contributed by atoms with Crippen molar-refractivity contribution in [1.29, 1.82) is 0 Å². The molecule has 2 rings (SSSR count). The fraction of sp³-hybridized carbons (Fsp3) is 0.520. The zero-order valence-electron chi connectivity index (χ0n) is 21.8. The van der Waals surface area contributed by atoms with Gasteiger partial charge in [0.1, 0.15) is 24.3 Å². The van der Waals surface area contributed by atoms with Gasteiger partial charge in [-0.05, 0) is 59.7 Å². The number of carbonyl (C=O) groups excluding carboxylic acids is 1. The van der Waals surface area contributed by atoms with Crippen molar-refractivity contribution in [2.45, 2.75) is 66.8 Å². The summed E-state index contributed by atoms with van der Waals surface area (Å²) in [6.45, 7) is 9.88. The van der Waals surface area contributed by atoms with Crippen LogP contribution in [0.25, 0.3) is 0 Å². The first kappa shape index (κ1) is 28.8. The standard InChI is InChI=1S/C25H35FN4O6/c1-8-36-28-16(4)19-12-29(13-20(31)18-11-17(26)9-10-21(18)35-7)24(34)30(22(19)32)14-25(5,6)23(33)27-15(2)3/h9-12,15,20,31H,8,13-14H2,1-7H3,(H,27,33)/b28-16+. The molecule has 0 spiro atoms. The molecule has 1 aromatic heterocycles. The number of halogens is 1. The molecule has 2 aromatic rings. The van der Waals surface area contributed by atoms with Crippen LogP contribution in [0, 0.1) is 11.2 Å². The Kier molecular flexibility index (Phi) is 9.57. The van der Waals surface area contributed by atoms with E-state index >= 15 is 0 Å². The highest BCUT2D eigenvalue weighted by Gasteiger charge is 2.31. The van der Waals surface area contributed by atoms with Crippen molar-refractivity contribution >= 4 is 11.6 Å². The Hall–Kier alpha value is -3.47. The lowest BCUT2D eigenvalue weighted by Crippen LogP contribution is -2.49. The van der Waals surface area contributed by atoms with E-state index in [4.69, 9.17) is 9.57 Å². The van der Waals surface area contributed by atoms with E-state index in [9.17, 15) is 23.9 Å². The molecule has 0 aliphatic rings. The second-order valence-electron chi connectivity index (χ2n) is 9.38. The molecule has 1 atom stereocenters. The van der Waals surface area contributed by atoms with Crippen LogP contribution < -0.4 is 21.3 Å². The number of oxime groups is 1. The van der Waals surface area contributed by atoms with Crippen molar-refractivity contribution in [1.82, 2.24) is 14.5 Å². The largest absolute Gasteiger partial charge is 0.496 e. The molecule has 2 N–H and O–H groups in total. The molecule has 198 valence electrons. The van der Waals surface area contributed by atoms with Crippen LogP contribution in [0.15, 0.2) is 39.1 Å². The summed E-state index contributed by atoms with van der Waals surface area (Å²) in [7, 11) is 1.38. The maximum absolute atomic E-state index is 13.9. The van der Waals surface area contributed by atoms with Gasteiger partial charge in [-0.15, -0.1) is 0 Å². The number of ether oxygens (including phenoxy) is 1. The normalized spacial score (nSPS) is 13.0. The molecule has 1 amide bonds. The third-order valence-corrected chi connectivity index (χ3v) is 5.47. The van der Waals surface area contributed by atoms with Gasteiger partial charge in [-0.1, -0.05) is 5.16 Å². The molecular weight excluding hydrogens is 471 g/mol. The lowest BCUT2D eigenvalue weighted by Gasteiger charge is -2.26. The van der Waals surface area contributed by atoms with Crippen molar-refractivity contribution in [2.75, 3.05) is 13.7 Å². The van der Waals surface area contributed by atoms with Crippen molar-refractivity contribution in [2.24, 2.45) is 10.6 Å². The van der Waals surface area contributed by atoms with Crippen LogP contribution in [-0.2, 0) is 22.7 Å². The van der Waals surface area contributed by atoms with Gasteiger partial charge in [0, 0.05) is 24.3 Å². The number of benzene rings is 1. The van der Waals surface area contributed by atoms with E-state index in [1.807, 2.05) is 13.8 Å². The first-order chi connectivity index (χ1) is 16.8. The Morgan fingerprint density at radius 1 is 1.28 bits per heavy atom. The highest BCUT2D eigenvalue weighted by atomic mass is 19.1. The number of hydrogen-bond acceptors (Lipinski definition) is 7. The number of hydrogen-bond donors (Lipinski definition) is 2. The van der Waals surface area contributed by atoms with Crippen LogP contribution in [0.2, 0.25) is 0 Å². The van der Waals surface area contributed by atoms with Gasteiger partial charge < -0.3 is 20.0 Å². The summed E-state index contributed by atoms with van der Waals surface area (Å²) in [5, 5.41) is 17.6. The molecule has 0 aliphatic carbocycles. The second kappa shape index (κ2) is 12.0. The Morgan fingerprint density at radius 3 is 2.53 bits per heavy atom. The number of amides is 1. The van der Waals surface area contributed by atoms with E-state index in [1.165, 1.54) is 25.4 Å². The minimum absolute atomic E-state index is 0.0570. The number of rotatable bonds is 11. The van der Waals surface area contributed by atoms with Crippen LogP contribution in [0.4, 0.5) is 4.39 Å². The number of aromatic nitrogens is 2. The zero-order chi connectivity index (χ0) is 27.2. The summed E-state index contributed by atoms with van der Waals surface area (Å²) in [5.41, 5.74) is -2.10. The molecule has 0 saturated carbocycles. The Morgan fingerprint density at radius 2 is 1.94 bits per heavy atom. The van der Waals surface area contributed by atoms with Gasteiger partial charge in [0.15, 0.2) is 0 Å². The monoisotopic (exact) mass is 506 g/mol. The van der Waals surface area contributed by atoms with Crippen molar-refractivity contribution in [3.63, 3.8) is 0 Å². The first-order valence-corrected chi connectivity index (χ1v) is 11.7. The number of carbonyl (C=O) groups is 1. The van der Waals surface area contributed by atoms with Crippen LogP contribution in [0.5, 0.6) is 5.75 Å². The number of aliphatic hydroxyl groups is 1. The molecule has 1 unspecified atom stereocenters. The smallest absolute Gasteiger partial charge is 0.331 e. The van der Waals surface area contributed by atoms with Crippen molar-refractivity contribution in [3.8, 4) is 5.75 Å². The van der Waals surface area contributed by atoms with E-state index in [2.05, 4.69) is 10.5 Å². The third kappa shape index (κ3) is 6.81. The predicted octanol–water partition coefficient (Wildman–Crippen LogP) is 2.20. The molecule has 1 heterocycles. The summed E-state index contributed by atoms with van der Waals surface area (Å²) < 4.78 is 21.2. The molecule has 0 bridgehead atoms. The molecule has 0 fully saturated rings. The van der Waals surface area contributed by atoms with E-state index in [1.54, 1.807) is 27.7 Å². The molecule has 0 aliphatic heterocycles. The molecule has 11 heteroatoms. The summed E-state index contributed by atoms with van der Waals surface area (Å²) in [6.07, 6.45) is -0.0663. The van der Waals surface area contributed by atoms with E-state index in [0.717, 1.165) is 15.2 Å². The summed E-state index contributed by atoms with van der Waals surface area (Å²) in [6, 6.07) is 3.55. The summed E-state index contributed by atoms with van der Waals surface area (Å²) >= 11 is 0. The highest BCUT2D eigenvalue weighted by Crippen LogP contribution is 2.27. The first-order valence-electron chi connectivity index (χ1n) is 11.7. The van der Waals surface area contributed by atoms with Gasteiger partial charge in [0.05, 0.1) is 30.3 Å². The molecule has 36 heavy (non-hydrogen) atoms. The van der Waals surface area contributed by atoms with Gasteiger partial charge in [0.25, 0.3) is 5.56 Å². The van der Waals surface area contributed by atoms with E-state index < -0.39 is 28.6 Å². The maximum atomic E-state index is 13.9. The van der Waals surface area contributed by atoms with Gasteiger partial charge in [-0.3, -0.25) is 18.7 Å². The quantitative estimate of drug-likeness (QED) is 0.356. The van der Waals surface area contributed by atoms with Gasteiger partial charge in [-0.2, -0.15) is 0 Å². The predicted molar refractivity (Wildman–Crippen MR) is 134 cm³/mol. The minimum Gasteiger partial charge on any atom is -0.496 e. The molecular formula is C25H35FN4O6. The van der Waals surface area contributed by atoms with Crippen LogP contribution in [-0.4, -0.2) is 45.6 Å². The zero-order valence-corrected chi connectivity index (χ0v) is 21.8. The lowest BCUT2D eigenvalue weighted by molar-refractivity contribution is -0.130. The average molecular weight is 507 g/mol.